The van der Waals surface area contributed by atoms with E-state index >= 15 is 0 Å². The Bertz CT molecular complexity index is 826. The summed E-state index contributed by atoms with van der Waals surface area (Å²) in [4.78, 5) is 14.6. The van der Waals surface area contributed by atoms with Crippen LogP contribution in [0.2, 0.25) is 0 Å². The molecule has 3 aliphatic rings. The van der Waals surface area contributed by atoms with Crippen molar-refractivity contribution in [1.82, 2.24) is 9.21 Å². The summed E-state index contributed by atoms with van der Waals surface area (Å²) in [6.45, 7) is 0.313. The third-order valence-electron chi connectivity index (χ3n) is 5.83. The average Bonchev–Trinajstić information content (AvgIpc) is 3.25. The highest BCUT2D eigenvalue weighted by molar-refractivity contribution is 7.90. The van der Waals surface area contributed by atoms with Crippen LogP contribution in [0.15, 0.2) is 24.3 Å². The van der Waals surface area contributed by atoms with Gasteiger partial charge in [-0.15, -0.1) is 0 Å². The lowest BCUT2D eigenvalue weighted by Gasteiger charge is -2.24. The summed E-state index contributed by atoms with van der Waals surface area (Å²) in [5.41, 5.74) is -3.06. The molecule has 9 heteroatoms. The zero-order chi connectivity index (χ0) is 18.7. The summed E-state index contributed by atoms with van der Waals surface area (Å²) in [6.07, 6.45) is 1.60. The van der Waals surface area contributed by atoms with Gasteiger partial charge in [0, 0.05) is 26.2 Å². The topological polar surface area (TPSA) is 57.7 Å². The van der Waals surface area contributed by atoms with E-state index in [2.05, 4.69) is 0 Å². The molecular formula is C17H19F3N2O3S. The second kappa shape index (κ2) is 5.95. The van der Waals surface area contributed by atoms with Gasteiger partial charge in [-0.2, -0.15) is 17.5 Å². The molecule has 1 amide bonds. The SMILES string of the molecule is O=C(C1CCc2ccccc21)N1CC2CN(S(=O)(=O)C(F)(F)F)CC2C1. The van der Waals surface area contributed by atoms with E-state index in [1.165, 1.54) is 5.56 Å². The molecule has 3 unspecified atom stereocenters. The molecule has 2 saturated heterocycles. The van der Waals surface area contributed by atoms with E-state index in [4.69, 9.17) is 0 Å². The molecule has 142 valence electrons. The highest BCUT2D eigenvalue weighted by Gasteiger charge is 2.55. The smallest absolute Gasteiger partial charge is 0.341 e. The minimum Gasteiger partial charge on any atom is -0.341 e. The Hall–Kier alpha value is -1.61. The lowest BCUT2D eigenvalue weighted by molar-refractivity contribution is -0.132. The highest BCUT2D eigenvalue weighted by atomic mass is 32.2. The van der Waals surface area contributed by atoms with Crippen LogP contribution in [-0.4, -0.2) is 55.2 Å². The van der Waals surface area contributed by atoms with E-state index in [1.807, 2.05) is 24.3 Å². The van der Waals surface area contributed by atoms with E-state index in [-0.39, 0.29) is 36.8 Å². The number of alkyl halides is 3. The molecule has 4 rings (SSSR count). The van der Waals surface area contributed by atoms with Crippen molar-refractivity contribution >= 4 is 15.9 Å². The van der Waals surface area contributed by atoms with E-state index in [0.29, 0.717) is 17.4 Å². The van der Waals surface area contributed by atoms with Crippen LogP contribution in [0, 0.1) is 11.8 Å². The van der Waals surface area contributed by atoms with Gasteiger partial charge in [0.05, 0.1) is 5.92 Å². The monoisotopic (exact) mass is 388 g/mol. The molecule has 0 spiro atoms. The molecular weight excluding hydrogens is 369 g/mol. The molecule has 0 aromatic heterocycles. The van der Waals surface area contributed by atoms with Crippen LogP contribution in [-0.2, 0) is 21.2 Å². The average molecular weight is 388 g/mol. The van der Waals surface area contributed by atoms with Gasteiger partial charge < -0.3 is 4.90 Å². The van der Waals surface area contributed by atoms with Crippen molar-refractivity contribution in [3.63, 3.8) is 0 Å². The Kier molecular flexibility index (Phi) is 4.07. The second-order valence-corrected chi connectivity index (χ2v) is 9.25. The predicted molar refractivity (Wildman–Crippen MR) is 87.6 cm³/mol. The van der Waals surface area contributed by atoms with Crippen molar-refractivity contribution in [3.8, 4) is 0 Å². The lowest BCUT2D eigenvalue weighted by atomic mass is 10.00. The fourth-order valence-electron chi connectivity index (χ4n) is 4.51. The van der Waals surface area contributed by atoms with Gasteiger partial charge in [0.1, 0.15) is 0 Å². The molecule has 2 aliphatic heterocycles. The second-order valence-electron chi connectivity index (χ2n) is 7.32. The summed E-state index contributed by atoms with van der Waals surface area (Å²) in [6, 6.07) is 7.82. The minimum absolute atomic E-state index is 0.00887. The minimum atomic E-state index is -5.28. The van der Waals surface area contributed by atoms with Crippen molar-refractivity contribution in [2.45, 2.75) is 24.3 Å². The standard InChI is InChI=1S/C17H19F3N2O3S/c18-17(19,20)26(24,25)22-9-12-7-21(8-13(12)10-22)16(23)15-6-5-11-3-1-2-4-14(11)15/h1-4,12-13,15H,5-10H2. The summed E-state index contributed by atoms with van der Waals surface area (Å²) in [5.74, 6) is -0.643. The van der Waals surface area contributed by atoms with Crippen LogP contribution in [0.3, 0.4) is 0 Å². The van der Waals surface area contributed by atoms with Crippen molar-refractivity contribution < 1.29 is 26.4 Å². The molecule has 0 radical (unpaired) electrons. The molecule has 3 atom stereocenters. The fraction of sp³-hybridized carbons (Fsp3) is 0.588. The van der Waals surface area contributed by atoms with Crippen LogP contribution in [0.4, 0.5) is 13.2 Å². The van der Waals surface area contributed by atoms with Crippen LogP contribution >= 0.6 is 0 Å². The normalized spacial score (nSPS) is 29.0. The van der Waals surface area contributed by atoms with Crippen molar-refractivity contribution in [2.75, 3.05) is 26.2 Å². The van der Waals surface area contributed by atoms with Gasteiger partial charge >= 0.3 is 15.5 Å². The Morgan fingerprint density at radius 3 is 2.27 bits per heavy atom. The van der Waals surface area contributed by atoms with E-state index in [1.54, 1.807) is 4.90 Å². The first-order valence-corrected chi connectivity index (χ1v) is 10.1. The number of amides is 1. The van der Waals surface area contributed by atoms with Crippen molar-refractivity contribution in [3.05, 3.63) is 35.4 Å². The number of hydrogen-bond acceptors (Lipinski definition) is 3. The molecule has 0 saturated carbocycles. The first kappa shape index (κ1) is 17.8. The number of fused-ring (bicyclic) bond motifs is 2. The summed E-state index contributed by atoms with van der Waals surface area (Å²) in [5, 5.41) is 0. The molecule has 1 aromatic rings. The maximum Gasteiger partial charge on any atom is 0.511 e. The fourth-order valence-corrected chi connectivity index (χ4v) is 5.57. The summed E-state index contributed by atoms with van der Waals surface area (Å²) >= 11 is 0. The number of likely N-dealkylation sites (tertiary alicyclic amines) is 1. The van der Waals surface area contributed by atoms with Gasteiger partial charge in [0.2, 0.25) is 5.91 Å². The third-order valence-corrected chi connectivity index (χ3v) is 7.39. The van der Waals surface area contributed by atoms with E-state index in [9.17, 15) is 26.4 Å². The molecule has 0 bridgehead atoms. The molecule has 1 aliphatic carbocycles. The van der Waals surface area contributed by atoms with Crippen LogP contribution in [0.1, 0.15) is 23.5 Å². The van der Waals surface area contributed by atoms with Crippen LogP contribution in [0.5, 0.6) is 0 Å². The Labute approximate surface area is 149 Å². The zero-order valence-corrected chi connectivity index (χ0v) is 14.8. The quantitative estimate of drug-likeness (QED) is 0.778. The van der Waals surface area contributed by atoms with Gasteiger partial charge in [-0.1, -0.05) is 24.3 Å². The Balaban J connectivity index is 1.44. The number of hydrogen-bond donors (Lipinski definition) is 0. The molecule has 5 nitrogen and oxygen atoms in total. The number of sulfonamides is 1. The third kappa shape index (κ3) is 2.72. The van der Waals surface area contributed by atoms with Gasteiger partial charge in [-0.05, 0) is 35.8 Å². The largest absolute Gasteiger partial charge is 0.511 e. The number of halogens is 3. The zero-order valence-electron chi connectivity index (χ0n) is 13.9. The van der Waals surface area contributed by atoms with E-state index < -0.39 is 15.5 Å². The van der Waals surface area contributed by atoms with Crippen molar-refractivity contribution in [1.29, 1.82) is 0 Å². The van der Waals surface area contributed by atoms with E-state index in [0.717, 1.165) is 18.4 Å². The molecule has 26 heavy (non-hydrogen) atoms. The molecule has 1 aromatic carbocycles. The van der Waals surface area contributed by atoms with Gasteiger partial charge in [-0.25, -0.2) is 8.42 Å². The number of carbonyl (C=O) groups is 1. The summed E-state index contributed by atoms with van der Waals surface area (Å²) in [7, 11) is -5.28. The van der Waals surface area contributed by atoms with Gasteiger partial charge in [-0.3, -0.25) is 4.79 Å². The molecule has 2 heterocycles. The Morgan fingerprint density at radius 1 is 1.04 bits per heavy atom. The summed E-state index contributed by atoms with van der Waals surface area (Å²) < 4.78 is 61.8. The van der Waals surface area contributed by atoms with Crippen LogP contribution < -0.4 is 0 Å². The highest BCUT2D eigenvalue weighted by Crippen LogP contribution is 2.40. The predicted octanol–water partition coefficient (Wildman–Crippen LogP) is 1.96. The number of benzene rings is 1. The maximum absolute atomic E-state index is 12.9. The van der Waals surface area contributed by atoms with Crippen molar-refractivity contribution in [2.24, 2.45) is 11.8 Å². The number of aryl methyl sites for hydroxylation is 1. The van der Waals surface area contributed by atoms with Gasteiger partial charge in [0.25, 0.3) is 0 Å². The van der Waals surface area contributed by atoms with Gasteiger partial charge in [0.15, 0.2) is 0 Å². The Morgan fingerprint density at radius 2 is 1.65 bits per heavy atom. The lowest BCUT2D eigenvalue weighted by Crippen LogP contribution is -2.42. The molecule has 0 N–H and O–H groups in total. The number of carbonyl (C=O) groups excluding carboxylic acids is 1. The maximum atomic E-state index is 12.9. The molecule has 2 fully saturated rings. The number of nitrogens with zero attached hydrogens (tertiary/aromatic N) is 2. The van der Waals surface area contributed by atoms with Crippen LogP contribution in [0.25, 0.3) is 0 Å². The first-order valence-electron chi connectivity index (χ1n) is 8.61. The number of rotatable bonds is 2. The first-order chi connectivity index (χ1) is 12.2.